The molecule has 0 unspecified atom stereocenters. The van der Waals surface area contributed by atoms with Crippen LogP contribution in [0, 0.1) is 6.92 Å². The molecule has 7 nitrogen and oxygen atoms in total. The number of carbonyl (C=O) groups is 3. The number of hydrogen-bond donors (Lipinski definition) is 3. The average molecular weight is 399 g/mol. The molecule has 2 aromatic carbocycles. The Morgan fingerprint density at radius 3 is 2.36 bits per heavy atom. The Morgan fingerprint density at radius 2 is 1.71 bits per heavy atom. The fourth-order valence-electron chi connectivity index (χ4n) is 2.33. The van der Waals surface area contributed by atoms with Crippen molar-refractivity contribution in [3.63, 3.8) is 0 Å². The normalized spacial score (nSPS) is 9.93. The molecule has 0 aliphatic heterocycles. The summed E-state index contributed by atoms with van der Waals surface area (Å²) in [4.78, 5) is 35.0. The minimum absolute atomic E-state index is 0.0140. The quantitative estimate of drug-likeness (QED) is 0.510. The van der Waals surface area contributed by atoms with Crippen LogP contribution in [0.2, 0.25) is 0 Å². The van der Waals surface area contributed by atoms with Crippen molar-refractivity contribution in [2.75, 3.05) is 17.7 Å². The summed E-state index contributed by atoms with van der Waals surface area (Å²) >= 11 is 5.10. The lowest BCUT2D eigenvalue weighted by molar-refractivity contribution is -0.142. The van der Waals surface area contributed by atoms with E-state index in [1.807, 2.05) is 13.0 Å². The van der Waals surface area contributed by atoms with Crippen molar-refractivity contribution >= 4 is 46.5 Å². The number of aryl methyl sites for hydroxylation is 1. The van der Waals surface area contributed by atoms with Gasteiger partial charge in [-0.2, -0.15) is 0 Å². The monoisotopic (exact) mass is 399 g/mol. The first-order valence-corrected chi connectivity index (χ1v) is 8.94. The van der Waals surface area contributed by atoms with E-state index in [0.29, 0.717) is 16.9 Å². The fourth-order valence-corrected chi connectivity index (χ4v) is 2.57. The Labute approximate surface area is 168 Å². The van der Waals surface area contributed by atoms with Gasteiger partial charge in [-0.25, -0.2) is 0 Å². The molecule has 28 heavy (non-hydrogen) atoms. The molecule has 3 N–H and O–H groups in total. The molecule has 2 rings (SSSR count). The average Bonchev–Trinajstić information content (AvgIpc) is 2.68. The molecule has 2 amide bonds. The SMILES string of the molecule is COC(=O)CCC(=O)NC(=S)Nc1ccc(NC(=O)c2ccccc2)c(C)c1. The van der Waals surface area contributed by atoms with E-state index in [2.05, 4.69) is 20.7 Å². The number of esters is 1. The summed E-state index contributed by atoms with van der Waals surface area (Å²) < 4.78 is 4.48. The molecule has 0 aliphatic carbocycles. The molecule has 8 heteroatoms. The van der Waals surface area contributed by atoms with E-state index in [0.717, 1.165) is 5.56 Å². The Morgan fingerprint density at radius 1 is 1.00 bits per heavy atom. The van der Waals surface area contributed by atoms with Gasteiger partial charge in [0.05, 0.1) is 13.5 Å². The summed E-state index contributed by atoms with van der Waals surface area (Å²) in [5.41, 5.74) is 2.73. The summed E-state index contributed by atoms with van der Waals surface area (Å²) in [6.45, 7) is 1.85. The lowest BCUT2D eigenvalue weighted by Gasteiger charge is -2.13. The standard InChI is InChI=1S/C20H21N3O4S/c1-13-12-15(21-20(28)23-17(24)10-11-18(25)27-2)8-9-16(13)22-19(26)14-6-4-3-5-7-14/h3-9,12H,10-11H2,1-2H3,(H,22,26)(H2,21,23,24,28). The van der Waals surface area contributed by atoms with Gasteiger partial charge in [0.1, 0.15) is 0 Å². The lowest BCUT2D eigenvalue weighted by Crippen LogP contribution is -2.34. The first-order valence-electron chi connectivity index (χ1n) is 8.53. The van der Waals surface area contributed by atoms with E-state index < -0.39 is 5.97 Å². The van der Waals surface area contributed by atoms with Crippen molar-refractivity contribution in [3.05, 3.63) is 59.7 Å². The Kier molecular flexibility index (Phi) is 7.65. The number of benzene rings is 2. The van der Waals surface area contributed by atoms with Crippen LogP contribution in [-0.2, 0) is 14.3 Å². The summed E-state index contributed by atoms with van der Waals surface area (Å²) in [6.07, 6.45) is -0.0299. The van der Waals surface area contributed by atoms with Gasteiger partial charge in [-0.15, -0.1) is 0 Å². The minimum Gasteiger partial charge on any atom is -0.469 e. The van der Waals surface area contributed by atoms with Crippen LogP contribution in [0.15, 0.2) is 48.5 Å². The highest BCUT2D eigenvalue weighted by molar-refractivity contribution is 7.80. The zero-order valence-corrected chi connectivity index (χ0v) is 16.4. The predicted octanol–water partition coefficient (Wildman–Crippen LogP) is 3.01. The number of hydrogen-bond acceptors (Lipinski definition) is 5. The van der Waals surface area contributed by atoms with Crippen molar-refractivity contribution in [2.45, 2.75) is 19.8 Å². The van der Waals surface area contributed by atoms with Crippen LogP contribution >= 0.6 is 12.2 Å². The maximum Gasteiger partial charge on any atom is 0.306 e. The maximum absolute atomic E-state index is 12.3. The third-order valence-electron chi connectivity index (χ3n) is 3.81. The number of nitrogens with one attached hydrogen (secondary N) is 3. The number of rotatable bonds is 6. The Balaban J connectivity index is 1.91. The molecule has 0 saturated heterocycles. The topological polar surface area (TPSA) is 96.5 Å². The highest BCUT2D eigenvalue weighted by atomic mass is 32.1. The number of carbonyl (C=O) groups excluding carboxylic acids is 3. The van der Waals surface area contributed by atoms with Crippen LogP contribution in [0.5, 0.6) is 0 Å². The van der Waals surface area contributed by atoms with Crippen molar-refractivity contribution < 1.29 is 19.1 Å². The number of amides is 2. The van der Waals surface area contributed by atoms with Crippen LogP contribution in [0.1, 0.15) is 28.8 Å². The molecular formula is C20H21N3O4S. The minimum atomic E-state index is -0.460. The molecule has 146 valence electrons. The van der Waals surface area contributed by atoms with Gasteiger partial charge >= 0.3 is 5.97 Å². The largest absolute Gasteiger partial charge is 0.469 e. The van der Waals surface area contributed by atoms with Crippen LogP contribution in [-0.4, -0.2) is 30.0 Å². The van der Waals surface area contributed by atoms with E-state index in [9.17, 15) is 14.4 Å². The van der Waals surface area contributed by atoms with Gasteiger partial charge in [0.15, 0.2) is 5.11 Å². The van der Waals surface area contributed by atoms with E-state index in [1.54, 1.807) is 42.5 Å². The molecule has 0 aliphatic rings. The van der Waals surface area contributed by atoms with Gasteiger partial charge in [0, 0.05) is 23.4 Å². The van der Waals surface area contributed by atoms with Crippen molar-refractivity contribution in [3.8, 4) is 0 Å². The fraction of sp³-hybridized carbons (Fsp3) is 0.200. The van der Waals surface area contributed by atoms with Crippen molar-refractivity contribution in [1.29, 1.82) is 0 Å². The summed E-state index contributed by atoms with van der Waals surface area (Å²) in [6, 6.07) is 14.2. The summed E-state index contributed by atoms with van der Waals surface area (Å²) in [5.74, 6) is -1.04. The first kappa shape index (κ1) is 21.0. The highest BCUT2D eigenvalue weighted by Gasteiger charge is 2.10. The molecule has 0 saturated carbocycles. The predicted molar refractivity (Wildman–Crippen MR) is 111 cm³/mol. The van der Waals surface area contributed by atoms with Crippen molar-refractivity contribution in [1.82, 2.24) is 5.32 Å². The maximum atomic E-state index is 12.3. The van der Waals surface area contributed by atoms with E-state index in [-0.39, 0.29) is 29.8 Å². The van der Waals surface area contributed by atoms with Gasteiger partial charge in [0.25, 0.3) is 5.91 Å². The molecular weight excluding hydrogens is 378 g/mol. The third-order valence-corrected chi connectivity index (χ3v) is 4.01. The number of thiocarbonyl (C=S) groups is 1. The van der Waals surface area contributed by atoms with Gasteiger partial charge < -0.3 is 20.7 Å². The zero-order chi connectivity index (χ0) is 20.5. The summed E-state index contributed by atoms with van der Waals surface area (Å²) in [5, 5.41) is 8.38. The van der Waals surface area contributed by atoms with E-state index in [4.69, 9.17) is 12.2 Å². The number of anilines is 2. The Bertz CT molecular complexity index is 884. The number of methoxy groups -OCH3 is 1. The number of ether oxygens (including phenoxy) is 1. The molecule has 0 bridgehead atoms. The van der Waals surface area contributed by atoms with Gasteiger partial charge in [0.2, 0.25) is 5.91 Å². The zero-order valence-electron chi connectivity index (χ0n) is 15.6. The Hall–Kier alpha value is -3.26. The van der Waals surface area contributed by atoms with Crippen molar-refractivity contribution in [2.24, 2.45) is 0 Å². The van der Waals surface area contributed by atoms with Crippen LogP contribution in [0.25, 0.3) is 0 Å². The second kappa shape index (κ2) is 10.2. The second-order valence-corrected chi connectivity index (χ2v) is 6.34. The van der Waals surface area contributed by atoms with E-state index in [1.165, 1.54) is 7.11 Å². The first-order chi connectivity index (χ1) is 13.4. The molecule has 2 aromatic rings. The smallest absolute Gasteiger partial charge is 0.306 e. The van der Waals surface area contributed by atoms with Gasteiger partial charge in [-0.3, -0.25) is 14.4 Å². The molecule has 0 spiro atoms. The second-order valence-electron chi connectivity index (χ2n) is 5.93. The molecule has 0 aromatic heterocycles. The molecule has 0 heterocycles. The van der Waals surface area contributed by atoms with Crippen LogP contribution in [0.3, 0.4) is 0 Å². The third kappa shape index (κ3) is 6.48. The lowest BCUT2D eigenvalue weighted by atomic mass is 10.1. The molecule has 0 radical (unpaired) electrons. The van der Waals surface area contributed by atoms with Crippen LogP contribution < -0.4 is 16.0 Å². The van der Waals surface area contributed by atoms with Crippen LogP contribution in [0.4, 0.5) is 11.4 Å². The van der Waals surface area contributed by atoms with E-state index >= 15 is 0 Å². The van der Waals surface area contributed by atoms with Gasteiger partial charge in [-0.1, -0.05) is 18.2 Å². The molecule has 0 atom stereocenters. The summed E-state index contributed by atoms with van der Waals surface area (Å²) in [7, 11) is 1.26. The van der Waals surface area contributed by atoms with Gasteiger partial charge in [-0.05, 0) is 55.0 Å². The highest BCUT2D eigenvalue weighted by Crippen LogP contribution is 2.20. The molecule has 0 fully saturated rings.